The molecular weight excluding hydrogens is 741 g/mol. The highest BCUT2D eigenvalue weighted by Crippen LogP contribution is 2.45. The summed E-state index contributed by atoms with van der Waals surface area (Å²) in [7, 11) is 2.56. The maximum absolute atomic E-state index is 13.7. The Hall–Kier alpha value is -6.12. The van der Waals surface area contributed by atoms with E-state index in [1.54, 1.807) is 11.8 Å². The van der Waals surface area contributed by atoms with Gasteiger partial charge in [0.1, 0.15) is 36.1 Å². The second-order valence-corrected chi connectivity index (χ2v) is 15.9. The molecule has 304 valence electrons. The Morgan fingerprint density at radius 2 is 1.57 bits per heavy atom. The van der Waals surface area contributed by atoms with Crippen molar-refractivity contribution < 1.29 is 33.4 Å². The molecule has 1 aliphatic carbocycles. The second-order valence-electron chi connectivity index (χ2n) is 15.9. The van der Waals surface area contributed by atoms with Crippen molar-refractivity contribution >= 4 is 24.0 Å². The molecule has 4 aromatic rings. The Bertz CT molecular complexity index is 2290. The van der Waals surface area contributed by atoms with Crippen LogP contribution in [0, 0.1) is 5.92 Å². The van der Waals surface area contributed by atoms with Crippen LogP contribution in [-0.4, -0.2) is 93.1 Å². The van der Waals surface area contributed by atoms with E-state index in [-0.39, 0.29) is 29.8 Å². The van der Waals surface area contributed by atoms with Crippen LogP contribution in [0.3, 0.4) is 0 Å². The van der Waals surface area contributed by atoms with E-state index in [1.807, 2.05) is 24.9 Å². The Labute approximate surface area is 336 Å². The van der Waals surface area contributed by atoms with Crippen molar-refractivity contribution in [3.63, 3.8) is 0 Å². The topological polar surface area (TPSA) is 184 Å². The first-order valence-electron chi connectivity index (χ1n) is 20.0. The van der Waals surface area contributed by atoms with E-state index in [4.69, 9.17) is 24.2 Å². The largest absolute Gasteiger partial charge is 0.488 e. The van der Waals surface area contributed by atoms with Crippen LogP contribution in [0.15, 0.2) is 48.7 Å². The zero-order chi connectivity index (χ0) is 40.8. The number of carbonyl (C=O) groups is 4. The van der Waals surface area contributed by atoms with Gasteiger partial charge in [0, 0.05) is 29.9 Å². The zero-order valence-electron chi connectivity index (χ0n) is 33.6. The van der Waals surface area contributed by atoms with E-state index < -0.39 is 24.3 Å². The number of nitrogens with zero attached hydrogens (tertiary/aromatic N) is 4. The van der Waals surface area contributed by atoms with Crippen molar-refractivity contribution in [1.82, 2.24) is 40.4 Å². The number of aryl methyl sites for hydroxylation is 2. The average molecular weight is 791 g/mol. The number of amides is 4. The van der Waals surface area contributed by atoms with E-state index in [1.165, 1.54) is 19.8 Å². The minimum atomic E-state index is -0.889. The van der Waals surface area contributed by atoms with Crippen molar-refractivity contribution in [3.05, 3.63) is 77.2 Å². The van der Waals surface area contributed by atoms with Crippen LogP contribution in [0.1, 0.15) is 87.0 Å². The van der Waals surface area contributed by atoms with Gasteiger partial charge in [-0.15, -0.1) is 0 Å². The molecule has 1 unspecified atom stereocenters. The third kappa shape index (κ3) is 7.06. The number of aromatic amines is 2. The zero-order valence-corrected chi connectivity index (χ0v) is 33.6. The Kier molecular flexibility index (Phi) is 10.5. The SMILES string of the molecule is C=C(C)[C@H](NC(=O)OC)C(=O)N1CCC[C@H]1c1nc2c([nH]1)CCc1cc3c(cc1-2)OCc1cc(-c2cnc([C@@H]4CCCN4C(=O)C(NC(=O)OC)C(C)C)[nH]2)ccc1-3. The number of aromatic nitrogens is 4. The first-order valence-corrected chi connectivity index (χ1v) is 20.0. The van der Waals surface area contributed by atoms with Crippen LogP contribution in [0.5, 0.6) is 5.75 Å². The summed E-state index contributed by atoms with van der Waals surface area (Å²) in [5.41, 5.74) is 9.67. The van der Waals surface area contributed by atoms with Gasteiger partial charge in [-0.1, -0.05) is 32.6 Å². The minimum absolute atomic E-state index is 0.115. The molecular formula is C43H50N8O7. The number of imidazole rings is 2. The summed E-state index contributed by atoms with van der Waals surface area (Å²) >= 11 is 0. The number of likely N-dealkylation sites (tertiary alicyclic amines) is 2. The summed E-state index contributed by atoms with van der Waals surface area (Å²) in [5.74, 6) is 1.76. The molecule has 0 radical (unpaired) electrons. The molecule has 2 aromatic carbocycles. The van der Waals surface area contributed by atoms with Gasteiger partial charge in [-0.25, -0.2) is 19.6 Å². The maximum atomic E-state index is 13.7. The van der Waals surface area contributed by atoms with Crippen LogP contribution in [0.25, 0.3) is 33.6 Å². The number of benzene rings is 2. The highest BCUT2D eigenvalue weighted by Gasteiger charge is 2.39. The number of nitrogens with one attached hydrogen (secondary N) is 4. The fraction of sp³-hybridized carbons (Fsp3) is 0.442. The molecule has 0 bridgehead atoms. The Balaban J connectivity index is 1.01. The molecule has 4 N–H and O–H groups in total. The summed E-state index contributed by atoms with van der Waals surface area (Å²) in [5, 5.41) is 5.33. The summed E-state index contributed by atoms with van der Waals surface area (Å²) in [6.45, 7) is 11.0. The molecule has 5 heterocycles. The van der Waals surface area contributed by atoms with E-state index >= 15 is 0 Å². The van der Waals surface area contributed by atoms with Crippen molar-refractivity contribution in [3.8, 4) is 39.4 Å². The van der Waals surface area contributed by atoms with Crippen molar-refractivity contribution in [2.24, 2.45) is 5.92 Å². The predicted octanol–water partition coefficient (Wildman–Crippen LogP) is 6.13. The highest BCUT2D eigenvalue weighted by atomic mass is 16.5. The van der Waals surface area contributed by atoms with Crippen LogP contribution in [0.4, 0.5) is 9.59 Å². The number of alkyl carbamates (subject to hydrolysis) is 2. The Morgan fingerprint density at radius 1 is 0.862 bits per heavy atom. The van der Waals surface area contributed by atoms with Crippen molar-refractivity contribution in [2.75, 3.05) is 27.3 Å². The summed E-state index contributed by atoms with van der Waals surface area (Å²) in [6.07, 6.45) is 5.30. The first kappa shape index (κ1) is 38.7. The predicted molar refractivity (Wildman–Crippen MR) is 214 cm³/mol. The smallest absolute Gasteiger partial charge is 0.407 e. The van der Waals surface area contributed by atoms with Crippen molar-refractivity contribution in [2.45, 2.75) is 90.1 Å². The molecule has 15 heteroatoms. The van der Waals surface area contributed by atoms with E-state index in [2.05, 4.69) is 57.5 Å². The first-order chi connectivity index (χ1) is 27.9. The van der Waals surface area contributed by atoms with Crippen LogP contribution >= 0.6 is 0 Å². The third-order valence-corrected chi connectivity index (χ3v) is 11.9. The molecule has 0 spiro atoms. The monoisotopic (exact) mass is 790 g/mol. The number of fused-ring (bicyclic) bond motifs is 6. The molecule has 4 amide bonds. The number of hydrogen-bond donors (Lipinski definition) is 4. The van der Waals surface area contributed by atoms with Gasteiger partial charge >= 0.3 is 12.2 Å². The molecule has 3 aliphatic heterocycles. The van der Waals surface area contributed by atoms with Crippen LogP contribution < -0.4 is 15.4 Å². The van der Waals surface area contributed by atoms with Crippen molar-refractivity contribution in [1.29, 1.82) is 0 Å². The van der Waals surface area contributed by atoms with Gasteiger partial charge in [0.05, 0.1) is 43.9 Å². The highest BCUT2D eigenvalue weighted by molar-refractivity contribution is 5.89. The molecule has 15 nitrogen and oxygen atoms in total. The van der Waals surface area contributed by atoms with Gasteiger partial charge in [0.25, 0.3) is 0 Å². The van der Waals surface area contributed by atoms with E-state index in [0.29, 0.717) is 31.1 Å². The van der Waals surface area contributed by atoms with Gasteiger partial charge < -0.3 is 44.6 Å². The van der Waals surface area contributed by atoms with Gasteiger partial charge in [-0.2, -0.15) is 0 Å². The second kappa shape index (κ2) is 15.7. The van der Waals surface area contributed by atoms with Crippen LogP contribution in [0.2, 0.25) is 0 Å². The molecule has 4 aliphatic rings. The fourth-order valence-corrected chi connectivity index (χ4v) is 8.83. The molecule has 0 saturated carbocycles. The third-order valence-electron chi connectivity index (χ3n) is 11.9. The lowest BCUT2D eigenvalue weighted by Crippen LogP contribution is -2.51. The van der Waals surface area contributed by atoms with Gasteiger partial charge in [0.2, 0.25) is 11.8 Å². The number of hydrogen-bond acceptors (Lipinski definition) is 9. The summed E-state index contributed by atoms with van der Waals surface area (Å²) in [6, 6.07) is 8.61. The average Bonchev–Trinajstić information content (AvgIpc) is 4.06. The molecule has 8 rings (SSSR count). The minimum Gasteiger partial charge on any atom is -0.488 e. The fourth-order valence-electron chi connectivity index (χ4n) is 8.83. The normalized spacial score (nSPS) is 18.9. The van der Waals surface area contributed by atoms with Crippen LogP contribution in [-0.2, 0) is 38.5 Å². The van der Waals surface area contributed by atoms with Gasteiger partial charge in [-0.05, 0) is 97.4 Å². The Morgan fingerprint density at radius 3 is 2.28 bits per heavy atom. The molecule has 2 saturated heterocycles. The standard InChI is InChI=1S/C43H50N8O7/c1-22(2)35(48-42(54)56-5)40(52)50-15-7-9-32(50)38-44-20-31(46-38)25-11-13-27-26(17-25)21-58-34-19-28-24(18-29(27)34)12-14-30-37(28)47-39(45-30)33-10-8-16-51(33)41(53)36(23(3)4)49-43(55)57-6/h11,13,17-20,22,32-33,35-36H,3,7-10,12,14-16,21H2,1-2,4-6H3,(H,44,46)(H,45,47)(H,48,54)(H,49,55)/t32-,33-,35?,36-/m0/s1. The lowest BCUT2D eigenvalue weighted by atomic mass is 9.86. The lowest BCUT2D eigenvalue weighted by molar-refractivity contribution is -0.135. The number of H-pyrrole nitrogens is 2. The number of methoxy groups -OCH3 is 2. The van der Waals surface area contributed by atoms with E-state index in [9.17, 15) is 19.2 Å². The maximum Gasteiger partial charge on any atom is 0.407 e. The van der Waals surface area contributed by atoms with Gasteiger partial charge in [-0.3, -0.25) is 9.59 Å². The number of rotatable bonds is 9. The van der Waals surface area contributed by atoms with E-state index in [0.717, 1.165) is 95.0 Å². The number of carbonyl (C=O) groups excluding carboxylic acids is 4. The van der Waals surface area contributed by atoms with Gasteiger partial charge in [0.15, 0.2) is 0 Å². The molecule has 2 fully saturated rings. The molecule has 4 atom stereocenters. The summed E-state index contributed by atoms with van der Waals surface area (Å²) in [4.78, 5) is 71.8. The number of ether oxygens (including phenoxy) is 3. The quantitative estimate of drug-likeness (QED) is 0.145. The molecule has 2 aromatic heterocycles. The summed E-state index contributed by atoms with van der Waals surface area (Å²) < 4.78 is 16.0. The molecule has 58 heavy (non-hydrogen) atoms. The lowest BCUT2D eigenvalue weighted by Gasteiger charge is -2.30.